The van der Waals surface area contributed by atoms with Crippen LogP contribution in [0.4, 0.5) is 0 Å². The van der Waals surface area contributed by atoms with Crippen LogP contribution in [0.3, 0.4) is 0 Å². The number of aliphatic hydroxyl groups is 1. The highest BCUT2D eigenvalue weighted by atomic mass is 79.9. The van der Waals surface area contributed by atoms with E-state index in [1.54, 1.807) is 37.3 Å². The highest BCUT2D eigenvalue weighted by Crippen LogP contribution is 2.10. The smallest absolute Gasteiger partial charge is 0.251 e. The zero-order chi connectivity index (χ0) is 16.5. The van der Waals surface area contributed by atoms with Gasteiger partial charge in [0.1, 0.15) is 6.04 Å². The molecule has 0 radical (unpaired) electrons. The van der Waals surface area contributed by atoms with E-state index in [-0.39, 0.29) is 24.3 Å². The van der Waals surface area contributed by atoms with Gasteiger partial charge in [0.15, 0.2) is 0 Å². The van der Waals surface area contributed by atoms with E-state index >= 15 is 0 Å². The summed E-state index contributed by atoms with van der Waals surface area (Å²) in [5.74, 6) is -0.649. The third-order valence-electron chi connectivity index (χ3n) is 3.17. The monoisotopic (exact) mass is 368 g/mol. The van der Waals surface area contributed by atoms with Crippen molar-refractivity contribution in [2.45, 2.75) is 19.4 Å². The largest absolute Gasteiger partial charge is 0.396 e. The molecule has 120 valence electrons. The third-order valence-corrected chi connectivity index (χ3v) is 3.70. The van der Waals surface area contributed by atoms with E-state index in [0.29, 0.717) is 18.5 Å². The van der Waals surface area contributed by atoms with Gasteiger partial charge in [-0.25, -0.2) is 0 Å². The minimum absolute atomic E-state index is 0.0219. The Morgan fingerprint density at radius 1 is 1.36 bits per heavy atom. The van der Waals surface area contributed by atoms with Crippen molar-refractivity contribution in [2.24, 2.45) is 5.92 Å². The molecule has 0 unspecified atom stereocenters. The molecule has 0 aromatic heterocycles. The van der Waals surface area contributed by atoms with E-state index in [2.05, 4.69) is 33.1 Å². The molecule has 0 fully saturated rings. The Hall–Kier alpha value is -1.66. The van der Waals surface area contributed by atoms with Crippen LogP contribution in [0.5, 0.6) is 0 Å². The Labute approximate surface area is 138 Å². The number of allylic oxidation sites excluding steroid dienone is 1. The number of benzene rings is 1. The van der Waals surface area contributed by atoms with Gasteiger partial charge in [0.2, 0.25) is 5.91 Å². The lowest BCUT2D eigenvalue weighted by Gasteiger charge is -2.17. The predicted octanol–water partition coefficient (Wildman–Crippen LogP) is 1.87. The van der Waals surface area contributed by atoms with Gasteiger partial charge in [-0.05, 0) is 37.6 Å². The zero-order valence-corrected chi connectivity index (χ0v) is 14.1. The van der Waals surface area contributed by atoms with Crippen LogP contribution in [0.1, 0.15) is 23.7 Å². The van der Waals surface area contributed by atoms with Gasteiger partial charge < -0.3 is 15.7 Å². The summed E-state index contributed by atoms with van der Waals surface area (Å²) in [4.78, 5) is 24.0. The molecular weight excluding hydrogens is 348 g/mol. The highest BCUT2D eigenvalue weighted by Gasteiger charge is 2.17. The molecule has 0 saturated heterocycles. The summed E-state index contributed by atoms with van der Waals surface area (Å²) in [5.41, 5.74) is 0.489. The molecule has 6 heteroatoms. The molecule has 0 bridgehead atoms. The van der Waals surface area contributed by atoms with E-state index in [4.69, 9.17) is 5.11 Å². The molecule has 5 nitrogen and oxygen atoms in total. The number of rotatable bonds is 8. The zero-order valence-electron chi connectivity index (χ0n) is 12.5. The van der Waals surface area contributed by atoms with Crippen LogP contribution in [-0.4, -0.2) is 36.1 Å². The first kappa shape index (κ1) is 18.4. The fourth-order valence-electron chi connectivity index (χ4n) is 1.80. The average Bonchev–Trinajstić information content (AvgIpc) is 2.51. The minimum Gasteiger partial charge on any atom is -0.396 e. The van der Waals surface area contributed by atoms with Crippen LogP contribution in [0, 0.1) is 5.92 Å². The van der Waals surface area contributed by atoms with Gasteiger partial charge in [0.25, 0.3) is 5.91 Å². The van der Waals surface area contributed by atoms with Gasteiger partial charge in [-0.1, -0.05) is 22.0 Å². The van der Waals surface area contributed by atoms with Crippen molar-refractivity contribution in [2.75, 3.05) is 13.2 Å². The lowest BCUT2D eigenvalue weighted by atomic mass is 10.1. The quantitative estimate of drug-likeness (QED) is 0.612. The Bertz CT molecular complexity index is 517. The third kappa shape index (κ3) is 5.99. The number of amides is 2. The summed E-state index contributed by atoms with van der Waals surface area (Å²) < 4.78 is 0.882. The molecule has 1 rings (SSSR count). The van der Waals surface area contributed by atoms with E-state index in [1.165, 1.54) is 0 Å². The molecule has 0 aliphatic carbocycles. The van der Waals surface area contributed by atoms with Crippen molar-refractivity contribution in [1.82, 2.24) is 10.6 Å². The number of carbonyl (C=O) groups is 2. The number of halogens is 1. The molecule has 22 heavy (non-hydrogen) atoms. The first-order valence-corrected chi connectivity index (χ1v) is 7.83. The topological polar surface area (TPSA) is 78.4 Å². The van der Waals surface area contributed by atoms with Crippen LogP contribution in [-0.2, 0) is 4.79 Å². The maximum atomic E-state index is 12.0. The number of hydrogen-bond donors (Lipinski definition) is 3. The van der Waals surface area contributed by atoms with Gasteiger partial charge in [-0.15, -0.1) is 6.58 Å². The van der Waals surface area contributed by atoms with Gasteiger partial charge in [-0.2, -0.15) is 0 Å². The van der Waals surface area contributed by atoms with Crippen LogP contribution in [0.25, 0.3) is 0 Å². The molecule has 2 atom stereocenters. The SMILES string of the molecule is C=CC[C@H](CO)CNC(=O)[C@@H](C)NC(=O)c1ccc(Br)cc1. The van der Waals surface area contributed by atoms with Gasteiger partial charge in [0, 0.05) is 29.1 Å². The van der Waals surface area contributed by atoms with Gasteiger partial charge in [0.05, 0.1) is 0 Å². The summed E-state index contributed by atoms with van der Waals surface area (Å²) in [6, 6.07) is 6.23. The number of carbonyl (C=O) groups excluding carboxylic acids is 2. The normalized spacial score (nSPS) is 13.0. The van der Waals surface area contributed by atoms with Gasteiger partial charge >= 0.3 is 0 Å². The summed E-state index contributed by atoms with van der Waals surface area (Å²) >= 11 is 3.30. The van der Waals surface area contributed by atoms with Crippen LogP contribution in [0.2, 0.25) is 0 Å². The number of hydrogen-bond acceptors (Lipinski definition) is 3. The molecule has 3 N–H and O–H groups in total. The Kier molecular flexibility index (Phi) is 7.84. The molecule has 0 aliphatic rings. The molecule has 1 aromatic rings. The van der Waals surface area contributed by atoms with E-state index in [9.17, 15) is 9.59 Å². The second-order valence-corrected chi connectivity index (χ2v) is 5.94. The molecular formula is C16H21BrN2O3. The maximum absolute atomic E-state index is 12.0. The van der Waals surface area contributed by atoms with Gasteiger partial charge in [-0.3, -0.25) is 9.59 Å². The molecule has 0 saturated carbocycles. The van der Waals surface area contributed by atoms with Crippen LogP contribution < -0.4 is 10.6 Å². The lowest BCUT2D eigenvalue weighted by molar-refractivity contribution is -0.122. The molecule has 0 spiro atoms. The summed E-state index contributed by atoms with van der Waals surface area (Å²) in [6.07, 6.45) is 2.32. The fourth-order valence-corrected chi connectivity index (χ4v) is 2.07. The molecule has 1 aromatic carbocycles. The van der Waals surface area contributed by atoms with Crippen LogP contribution in [0.15, 0.2) is 41.4 Å². The summed E-state index contributed by atoms with van der Waals surface area (Å²) in [5, 5.41) is 14.5. The van der Waals surface area contributed by atoms with Crippen molar-refractivity contribution < 1.29 is 14.7 Å². The van der Waals surface area contributed by atoms with Crippen molar-refractivity contribution in [3.63, 3.8) is 0 Å². The Morgan fingerprint density at radius 2 is 2.00 bits per heavy atom. The molecule has 0 aliphatic heterocycles. The average molecular weight is 369 g/mol. The van der Waals surface area contributed by atoms with E-state index in [1.807, 2.05) is 0 Å². The summed E-state index contributed by atoms with van der Waals surface area (Å²) in [7, 11) is 0. The molecule has 0 heterocycles. The fraction of sp³-hybridized carbons (Fsp3) is 0.375. The second kappa shape index (κ2) is 9.38. The van der Waals surface area contributed by atoms with Crippen molar-refractivity contribution in [3.8, 4) is 0 Å². The Balaban J connectivity index is 2.48. The first-order chi connectivity index (χ1) is 10.5. The Morgan fingerprint density at radius 3 is 2.55 bits per heavy atom. The van der Waals surface area contributed by atoms with E-state index in [0.717, 1.165) is 4.47 Å². The second-order valence-electron chi connectivity index (χ2n) is 5.02. The maximum Gasteiger partial charge on any atom is 0.251 e. The summed E-state index contributed by atoms with van der Waals surface area (Å²) in [6.45, 7) is 5.55. The highest BCUT2D eigenvalue weighted by molar-refractivity contribution is 9.10. The van der Waals surface area contributed by atoms with Crippen molar-refractivity contribution in [3.05, 3.63) is 47.0 Å². The first-order valence-electron chi connectivity index (χ1n) is 7.03. The minimum atomic E-state index is -0.653. The lowest BCUT2D eigenvalue weighted by Crippen LogP contribution is -2.46. The van der Waals surface area contributed by atoms with Crippen LogP contribution >= 0.6 is 15.9 Å². The van der Waals surface area contributed by atoms with Crippen molar-refractivity contribution in [1.29, 1.82) is 0 Å². The molecule has 2 amide bonds. The standard InChI is InChI=1S/C16H21BrN2O3/c1-3-4-12(10-20)9-18-15(21)11(2)19-16(22)13-5-7-14(17)8-6-13/h3,5-8,11-12,20H,1,4,9-10H2,2H3,(H,18,21)(H,19,22)/t11-,12+/m1/s1. The van der Waals surface area contributed by atoms with Crippen molar-refractivity contribution >= 4 is 27.7 Å². The number of aliphatic hydroxyl groups excluding tert-OH is 1. The number of nitrogens with one attached hydrogen (secondary N) is 2. The van der Waals surface area contributed by atoms with E-state index < -0.39 is 6.04 Å². The predicted molar refractivity (Wildman–Crippen MR) is 89.5 cm³/mol.